The summed E-state index contributed by atoms with van der Waals surface area (Å²) in [4.78, 5) is 19.4. The SMILES string of the molecule is CC(=O)Nc1ccccc1.O=C(O)C(F)(F)F. The third-order valence-electron chi connectivity index (χ3n) is 1.34. The monoisotopic (exact) mass is 249 g/mol. The Kier molecular flexibility index (Phi) is 5.73. The number of alkyl halides is 3. The molecule has 7 heteroatoms. The molecule has 2 N–H and O–H groups in total. The second kappa shape index (κ2) is 6.51. The van der Waals surface area contributed by atoms with Crippen molar-refractivity contribution in [3.63, 3.8) is 0 Å². The zero-order valence-electron chi connectivity index (χ0n) is 8.78. The molecule has 0 aliphatic carbocycles. The van der Waals surface area contributed by atoms with Gasteiger partial charge in [-0.15, -0.1) is 0 Å². The molecule has 0 radical (unpaired) electrons. The molecule has 0 aliphatic rings. The fourth-order valence-corrected chi connectivity index (χ4v) is 0.725. The molecule has 0 fully saturated rings. The molecular formula is C10H10F3NO3. The second-order valence-corrected chi connectivity index (χ2v) is 2.85. The lowest BCUT2D eigenvalue weighted by molar-refractivity contribution is -0.192. The lowest BCUT2D eigenvalue weighted by atomic mass is 10.3. The highest BCUT2D eigenvalue weighted by atomic mass is 19.4. The van der Waals surface area contributed by atoms with E-state index in [9.17, 15) is 18.0 Å². The number of amides is 1. The minimum atomic E-state index is -5.08. The Bertz CT molecular complexity index is 376. The predicted octanol–water partition coefficient (Wildman–Crippen LogP) is 2.28. The number of carboxylic acids is 1. The van der Waals surface area contributed by atoms with Crippen LogP contribution in [0.2, 0.25) is 0 Å². The zero-order valence-corrected chi connectivity index (χ0v) is 8.78. The maximum Gasteiger partial charge on any atom is 0.490 e. The van der Waals surface area contributed by atoms with Gasteiger partial charge in [-0.3, -0.25) is 4.79 Å². The van der Waals surface area contributed by atoms with Crippen LogP contribution in [0.15, 0.2) is 30.3 Å². The van der Waals surface area contributed by atoms with Gasteiger partial charge in [-0.25, -0.2) is 4.79 Å². The van der Waals surface area contributed by atoms with Gasteiger partial charge in [-0.1, -0.05) is 18.2 Å². The number of carbonyl (C=O) groups is 2. The van der Waals surface area contributed by atoms with Gasteiger partial charge < -0.3 is 10.4 Å². The Balaban J connectivity index is 0.000000325. The van der Waals surface area contributed by atoms with E-state index in [0.29, 0.717) is 0 Å². The van der Waals surface area contributed by atoms with Gasteiger partial charge >= 0.3 is 12.1 Å². The third-order valence-corrected chi connectivity index (χ3v) is 1.34. The van der Waals surface area contributed by atoms with Gasteiger partial charge in [0.2, 0.25) is 5.91 Å². The number of hydrogen-bond acceptors (Lipinski definition) is 2. The molecule has 0 saturated heterocycles. The Hall–Kier alpha value is -2.05. The van der Waals surface area contributed by atoms with E-state index in [0.717, 1.165) is 5.69 Å². The van der Waals surface area contributed by atoms with Crippen LogP contribution in [0.25, 0.3) is 0 Å². The summed E-state index contributed by atoms with van der Waals surface area (Å²) < 4.78 is 31.7. The summed E-state index contributed by atoms with van der Waals surface area (Å²) in [6.45, 7) is 1.49. The zero-order chi connectivity index (χ0) is 13.5. The van der Waals surface area contributed by atoms with E-state index < -0.39 is 12.1 Å². The van der Waals surface area contributed by atoms with Gasteiger partial charge in [0.1, 0.15) is 0 Å². The van der Waals surface area contributed by atoms with Crippen molar-refractivity contribution < 1.29 is 27.9 Å². The van der Waals surface area contributed by atoms with E-state index in [1.807, 2.05) is 30.3 Å². The Morgan fingerprint density at radius 3 is 1.88 bits per heavy atom. The van der Waals surface area contributed by atoms with E-state index in [1.165, 1.54) is 6.92 Å². The van der Waals surface area contributed by atoms with Crippen molar-refractivity contribution in [1.29, 1.82) is 0 Å². The van der Waals surface area contributed by atoms with E-state index in [-0.39, 0.29) is 5.91 Å². The number of benzene rings is 1. The lowest BCUT2D eigenvalue weighted by Gasteiger charge is -1.98. The molecule has 1 aromatic rings. The van der Waals surface area contributed by atoms with Gasteiger partial charge in [-0.05, 0) is 12.1 Å². The maximum atomic E-state index is 10.6. The Morgan fingerprint density at radius 2 is 1.59 bits per heavy atom. The van der Waals surface area contributed by atoms with E-state index >= 15 is 0 Å². The van der Waals surface area contributed by atoms with Crippen molar-refractivity contribution in [2.24, 2.45) is 0 Å². The molecule has 0 unspecified atom stereocenters. The van der Waals surface area contributed by atoms with E-state index in [1.54, 1.807) is 0 Å². The molecule has 1 aromatic carbocycles. The van der Waals surface area contributed by atoms with Gasteiger partial charge in [0, 0.05) is 12.6 Å². The van der Waals surface area contributed by atoms with Crippen LogP contribution in [0.4, 0.5) is 18.9 Å². The van der Waals surface area contributed by atoms with E-state index in [2.05, 4.69) is 5.32 Å². The number of anilines is 1. The van der Waals surface area contributed by atoms with Gasteiger partial charge in [0.25, 0.3) is 0 Å². The first-order valence-electron chi connectivity index (χ1n) is 4.36. The summed E-state index contributed by atoms with van der Waals surface area (Å²) in [5, 5.41) is 9.79. The average molecular weight is 249 g/mol. The fourth-order valence-electron chi connectivity index (χ4n) is 0.725. The molecule has 0 heterocycles. The van der Waals surface area contributed by atoms with Crippen LogP contribution in [0, 0.1) is 0 Å². The number of hydrogen-bond donors (Lipinski definition) is 2. The van der Waals surface area contributed by atoms with Crippen LogP contribution in [0.3, 0.4) is 0 Å². The summed E-state index contributed by atoms with van der Waals surface area (Å²) >= 11 is 0. The first kappa shape index (κ1) is 14.9. The molecule has 0 saturated carbocycles. The first-order chi connectivity index (χ1) is 7.73. The van der Waals surface area contributed by atoms with Crippen LogP contribution in [0.1, 0.15) is 6.92 Å². The second-order valence-electron chi connectivity index (χ2n) is 2.85. The lowest BCUT2D eigenvalue weighted by Crippen LogP contribution is -2.21. The number of carboxylic acid groups (broad SMARTS) is 1. The molecule has 17 heavy (non-hydrogen) atoms. The number of nitrogens with one attached hydrogen (secondary N) is 1. The van der Waals surface area contributed by atoms with Crippen molar-refractivity contribution >= 4 is 17.6 Å². The van der Waals surface area contributed by atoms with Gasteiger partial charge in [0.15, 0.2) is 0 Å². The molecule has 0 aromatic heterocycles. The number of para-hydroxylation sites is 1. The number of aliphatic carboxylic acids is 1. The summed E-state index contributed by atoms with van der Waals surface area (Å²) in [5.74, 6) is -2.79. The minimum Gasteiger partial charge on any atom is -0.475 e. The quantitative estimate of drug-likeness (QED) is 0.802. The largest absolute Gasteiger partial charge is 0.490 e. The summed E-state index contributed by atoms with van der Waals surface area (Å²) in [6.07, 6.45) is -5.08. The first-order valence-corrected chi connectivity index (χ1v) is 4.36. The molecule has 1 rings (SSSR count). The summed E-state index contributed by atoms with van der Waals surface area (Å²) in [7, 11) is 0. The predicted molar refractivity (Wildman–Crippen MR) is 54.4 cm³/mol. The third kappa shape index (κ3) is 7.83. The molecule has 1 amide bonds. The topological polar surface area (TPSA) is 66.4 Å². The molecule has 0 aliphatic heterocycles. The minimum absolute atomic E-state index is 0.0359. The maximum absolute atomic E-state index is 10.6. The van der Waals surface area contributed by atoms with Crippen LogP contribution in [-0.4, -0.2) is 23.2 Å². The number of halogens is 3. The molecule has 0 atom stereocenters. The van der Waals surface area contributed by atoms with Crippen molar-refractivity contribution in [2.45, 2.75) is 13.1 Å². The van der Waals surface area contributed by atoms with Crippen molar-refractivity contribution in [2.75, 3.05) is 5.32 Å². The molecule has 94 valence electrons. The number of carbonyl (C=O) groups excluding carboxylic acids is 1. The standard InChI is InChI=1S/C8H9NO.C2HF3O2/c1-7(10)9-8-5-3-2-4-6-8;3-2(4,5)1(6)7/h2-6H,1H3,(H,9,10);(H,6,7). The number of rotatable bonds is 1. The fraction of sp³-hybridized carbons (Fsp3) is 0.200. The highest BCUT2D eigenvalue weighted by Crippen LogP contribution is 2.13. The van der Waals surface area contributed by atoms with Crippen LogP contribution in [0.5, 0.6) is 0 Å². The molecule has 0 bridgehead atoms. The normalized spacial score (nSPS) is 9.88. The van der Waals surface area contributed by atoms with Crippen LogP contribution >= 0.6 is 0 Å². The molecular weight excluding hydrogens is 239 g/mol. The van der Waals surface area contributed by atoms with Gasteiger partial charge in [0.05, 0.1) is 0 Å². The van der Waals surface area contributed by atoms with E-state index in [4.69, 9.17) is 9.90 Å². The molecule has 0 spiro atoms. The molecule has 4 nitrogen and oxygen atoms in total. The van der Waals surface area contributed by atoms with Crippen LogP contribution in [-0.2, 0) is 9.59 Å². The Labute approximate surface area is 95.1 Å². The summed E-state index contributed by atoms with van der Waals surface area (Å²) in [5.41, 5.74) is 0.843. The van der Waals surface area contributed by atoms with Crippen molar-refractivity contribution in [3.8, 4) is 0 Å². The van der Waals surface area contributed by atoms with Gasteiger partial charge in [-0.2, -0.15) is 13.2 Å². The van der Waals surface area contributed by atoms with Crippen molar-refractivity contribution in [3.05, 3.63) is 30.3 Å². The highest BCUT2D eigenvalue weighted by molar-refractivity contribution is 5.88. The highest BCUT2D eigenvalue weighted by Gasteiger charge is 2.38. The smallest absolute Gasteiger partial charge is 0.475 e. The Morgan fingerprint density at radius 1 is 1.18 bits per heavy atom. The summed E-state index contributed by atoms with van der Waals surface area (Å²) in [6, 6.07) is 9.37. The van der Waals surface area contributed by atoms with Crippen molar-refractivity contribution in [1.82, 2.24) is 0 Å². The van der Waals surface area contributed by atoms with Crippen LogP contribution < -0.4 is 5.32 Å². The average Bonchev–Trinajstić information content (AvgIpc) is 2.17.